The molecule has 0 aliphatic carbocycles. The average molecular weight is 495 g/mol. The lowest BCUT2D eigenvalue weighted by Gasteiger charge is -2.23. The van der Waals surface area contributed by atoms with E-state index in [-0.39, 0.29) is 0 Å². The zero-order valence-electron chi connectivity index (χ0n) is 17.3. The molecule has 0 saturated carbocycles. The Morgan fingerprint density at radius 1 is 0.871 bits per heavy atom. The van der Waals surface area contributed by atoms with Crippen molar-refractivity contribution in [3.05, 3.63) is 106 Å². The summed E-state index contributed by atoms with van der Waals surface area (Å²) in [5.41, 5.74) is 4.68. The van der Waals surface area contributed by atoms with Crippen molar-refractivity contribution in [3.8, 4) is 0 Å². The van der Waals surface area contributed by atoms with Gasteiger partial charge in [0, 0.05) is 52.9 Å². The molecule has 0 fully saturated rings. The molecule has 0 aliphatic rings. The van der Waals surface area contributed by atoms with Crippen LogP contribution in [-0.2, 0) is 13.1 Å². The Morgan fingerprint density at radius 2 is 1.61 bits per heavy atom. The van der Waals surface area contributed by atoms with Crippen molar-refractivity contribution in [2.75, 3.05) is 18.4 Å². The summed E-state index contributed by atoms with van der Waals surface area (Å²) < 4.78 is 1.11. The number of aromatic nitrogens is 1. The number of nitrogens with zero attached hydrogens (tertiary/aromatic N) is 2. The number of fused-ring (bicyclic) bond motifs is 1. The van der Waals surface area contributed by atoms with Gasteiger partial charge in [-0.1, -0.05) is 70.0 Å². The highest BCUT2D eigenvalue weighted by molar-refractivity contribution is 9.10. The Kier molecular flexibility index (Phi) is 7.57. The maximum atomic E-state index is 6.11. The van der Waals surface area contributed by atoms with Crippen LogP contribution in [0.15, 0.2) is 89.5 Å². The zero-order valence-corrected chi connectivity index (χ0v) is 19.6. The predicted octanol–water partition coefficient (Wildman–Crippen LogP) is 7.16. The molecule has 3 nitrogen and oxygen atoms in total. The topological polar surface area (TPSA) is 28.2 Å². The van der Waals surface area contributed by atoms with Crippen molar-refractivity contribution in [1.29, 1.82) is 0 Å². The van der Waals surface area contributed by atoms with Crippen molar-refractivity contribution in [1.82, 2.24) is 9.88 Å². The summed E-state index contributed by atoms with van der Waals surface area (Å²) in [7, 11) is 0. The van der Waals surface area contributed by atoms with Crippen LogP contribution in [0.2, 0.25) is 5.02 Å². The fraction of sp³-hybridized carbons (Fsp3) is 0.192. The number of hydrogen-bond acceptors (Lipinski definition) is 3. The number of halogens is 2. The van der Waals surface area contributed by atoms with E-state index in [1.807, 2.05) is 30.5 Å². The summed E-state index contributed by atoms with van der Waals surface area (Å²) in [6.45, 7) is 3.77. The van der Waals surface area contributed by atoms with Gasteiger partial charge < -0.3 is 5.32 Å². The van der Waals surface area contributed by atoms with Gasteiger partial charge in [0.25, 0.3) is 0 Å². The second-order valence-electron chi connectivity index (χ2n) is 7.62. The van der Waals surface area contributed by atoms with Crippen LogP contribution in [0.3, 0.4) is 0 Å². The molecule has 31 heavy (non-hydrogen) atoms. The SMILES string of the molecule is Clc1ccc2c(NCCCN(Cc3ccccc3)Cc3ccc(Br)cc3)ccnc2c1. The van der Waals surface area contributed by atoms with Crippen molar-refractivity contribution >= 4 is 44.1 Å². The third kappa shape index (κ3) is 6.30. The first-order valence-electron chi connectivity index (χ1n) is 10.5. The Hall–Kier alpha value is -2.40. The van der Waals surface area contributed by atoms with Crippen LogP contribution in [0.1, 0.15) is 17.5 Å². The zero-order chi connectivity index (χ0) is 21.5. The van der Waals surface area contributed by atoms with Gasteiger partial charge in [0.1, 0.15) is 0 Å². The molecule has 0 bridgehead atoms. The van der Waals surface area contributed by atoms with Crippen molar-refractivity contribution < 1.29 is 0 Å². The molecule has 0 aliphatic heterocycles. The number of anilines is 1. The van der Waals surface area contributed by atoms with E-state index in [1.165, 1.54) is 11.1 Å². The van der Waals surface area contributed by atoms with Crippen molar-refractivity contribution in [3.63, 3.8) is 0 Å². The summed E-state index contributed by atoms with van der Waals surface area (Å²) in [5, 5.41) is 5.39. The monoisotopic (exact) mass is 493 g/mol. The smallest absolute Gasteiger partial charge is 0.0737 e. The predicted molar refractivity (Wildman–Crippen MR) is 135 cm³/mol. The maximum absolute atomic E-state index is 6.11. The molecule has 1 aromatic heterocycles. The van der Waals surface area contributed by atoms with Gasteiger partial charge >= 0.3 is 0 Å². The Balaban J connectivity index is 1.38. The van der Waals surface area contributed by atoms with Gasteiger partial charge in [0.15, 0.2) is 0 Å². The highest BCUT2D eigenvalue weighted by Gasteiger charge is 2.08. The molecule has 1 heterocycles. The fourth-order valence-electron chi connectivity index (χ4n) is 3.70. The first kappa shape index (κ1) is 21.8. The van der Waals surface area contributed by atoms with Gasteiger partial charge in [-0.2, -0.15) is 0 Å². The minimum Gasteiger partial charge on any atom is -0.384 e. The van der Waals surface area contributed by atoms with E-state index >= 15 is 0 Å². The van der Waals surface area contributed by atoms with Gasteiger partial charge in [0.2, 0.25) is 0 Å². The van der Waals surface area contributed by atoms with Gasteiger partial charge in [-0.3, -0.25) is 9.88 Å². The summed E-state index contributed by atoms with van der Waals surface area (Å²) >= 11 is 9.63. The molecule has 3 aromatic carbocycles. The quantitative estimate of drug-likeness (QED) is 0.250. The van der Waals surface area contributed by atoms with Crippen LogP contribution < -0.4 is 5.32 Å². The molecule has 0 unspecified atom stereocenters. The standard InChI is InChI=1S/C26H25BrClN3/c27-22-9-7-21(8-10-22)19-31(18-20-5-2-1-3-6-20)16-4-14-29-25-13-15-30-26-17-23(28)11-12-24(25)26/h1-3,5-13,15,17H,4,14,16,18-19H2,(H,29,30). The normalized spacial score (nSPS) is 11.2. The molecule has 0 radical (unpaired) electrons. The molecule has 0 atom stereocenters. The van der Waals surface area contributed by atoms with E-state index in [0.29, 0.717) is 5.02 Å². The molecule has 0 amide bonds. The number of hydrogen-bond donors (Lipinski definition) is 1. The van der Waals surface area contributed by atoms with Crippen LogP contribution in [0.5, 0.6) is 0 Å². The van der Waals surface area contributed by atoms with Gasteiger partial charge in [-0.15, -0.1) is 0 Å². The number of benzene rings is 3. The third-order valence-electron chi connectivity index (χ3n) is 5.24. The molecule has 4 rings (SSSR count). The van der Waals surface area contributed by atoms with E-state index in [9.17, 15) is 0 Å². The van der Waals surface area contributed by atoms with Gasteiger partial charge in [-0.25, -0.2) is 0 Å². The minimum absolute atomic E-state index is 0.710. The molecule has 5 heteroatoms. The summed E-state index contributed by atoms with van der Waals surface area (Å²) in [5.74, 6) is 0. The van der Waals surface area contributed by atoms with Crippen LogP contribution in [-0.4, -0.2) is 23.0 Å². The molecular weight excluding hydrogens is 470 g/mol. The lowest BCUT2D eigenvalue weighted by molar-refractivity contribution is 0.256. The highest BCUT2D eigenvalue weighted by Crippen LogP contribution is 2.24. The van der Waals surface area contributed by atoms with Gasteiger partial charge in [0.05, 0.1) is 5.52 Å². The van der Waals surface area contributed by atoms with Crippen LogP contribution in [0, 0.1) is 0 Å². The van der Waals surface area contributed by atoms with Crippen LogP contribution in [0.4, 0.5) is 5.69 Å². The summed E-state index contributed by atoms with van der Waals surface area (Å²) in [4.78, 5) is 6.93. The van der Waals surface area contributed by atoms with Crippen molar-refractivity contribution in [2.24, 2.45) is 0 Å². The van der Waals surface area contributed by atoms with E-state index in [0.717, 1.165) is 53.7 Å². The Bertz CT molecular complexity index is 1120. The van der Waals surface area contributed by atoms with E-state index in [2.05, 4.69) is 85.7 Å². The lowest BCUT2D eigenvalue weighted by Crippen LogP contribution is -2.25. The first-order chi connectivity index (χ1) is 15.2. The van der Waals surface area contributed by atoms with Crippen LogP contribution in [0.25, 0.3) is 10.9 Å². The Labute approximate surface area is 197 Å². The van der Waals surface area contributed by atoms with Crippen molar-refractivity contribution in [2.45, 2.75) is 19.5 Å². The lowest BCUT2D eigenvalue weighted by atomic mass is 10.1. The molecular formula is C26H25BrClN3. The maximum Gasteiger partial charge on any atom is 0.0737 e. The second-order valence-corrected chi connectivity index (χ2v) is 8.98. The third-order valence-corrected chi connectivity index (χ3v) is 6.00. The highest BCUT2D eigenvalue weighted by atomic mass is 79.9. The molecule has 0 spiro atoms. The molecule has 0 saturated heterocycles. The summed E-state index contributed by atoms with van der Waals surface area (Å²) in [6.07, 6.45) is 2.87. The second kappa shape index (κ2) is 10.8. The van der Waals surface area contributed by atoms with Crippen LogP contribution >= 0.6 is 27.5 Å². The number of nitrogens with one attached hydrogen (secondary N) is 1. The van der Waals surface area contributed by atoms with E-state index in [4.69, 9.17) is 11.6 Å². The molecule has 1 N–H and O–H groups in total. The van der Waals surface area contributed by atoms with E-state index in [1.54, 1.807) is 0 Å². The first-order valence-corrected chi connectivity index (χ1v) is 11.6. The fourth-order valence-corrected chi connectivity index (χ4v) is 4.14. The molecule has 4 aromatic rings. The molecule has 158 valence electrons. The Morgan fingerprint density at radius 3 is 2.39 bits per heavy atom. The number of pyridine rings is 1. The average Bonchev–Trinajstić information content (AvgIpc) is 2.78. The largest absolute Gasteiger partial charge is 0.384 e. The number of rotatable bonds is 9. The minimum atomic E-state index is 0.710. The summed E-state index contributed by atoms with van der Waals surface area (Å²) in [6, 6.07) is 27.1. The van der Waals surface area contributed by atoms with E-state index < -0.39 is 0 Å². The van der Waals surface area contributed by atoms with Gasteiger partial charge in [-0.05, 0) is 53.9 Å².